The Morgan fingerprint density at radius 3 is 0.744 bits per heavy atom. The van der Waals surface area contributed by atoms with Crippen LogP contribution in [0.5, 0.6) is 0 Å². The molecule has 1 aromatic heterocycles. The molecule has 6 nitrogen and oxygen atoms in total. The van der Waals surface area contributed by atoms with Crippen molar-refractivity contribution in [3.05, 3.63) is 268 Å². The van der Waals surface area contributed by atoms with Gasteiger partial charge in [-0.2, -0.15) is 5.26 Å². The summed E-state index contributed by atoms with van der Waals surface area (Å²) in [5.74, 6) is 1.54. The first-order chi connectivity index (χ1) is 37.7. The number of aromatic nitrogens is 1. The van der Waals surface area contributed by atoms with Crippen molar-refractivity contribution in [3.63, 3.8) is 0 Å². The topological polar surface area (TPSA) is 49.6 Å². The predicted molar refractivity (Wildman–Crippen MR) is 322 cm³/mol. The average Bonchev–Trinajstić information content (AvgIpc) is 3.43. The fourth-order valence-corrected chi connectivity index (χ4v) is 13.9. The number of rotatable bonds is 5. The van der Waals surface area contributed by atoms with Crippen molar-refractivity contribution >= 4 is 68.5 Å². The van der Waals surface area contributed by atoms with Crippen LogP contribution in [0.15, 0.2) is 218 Å². The number of fused-ring (bicyclic) bond motifs is 8. The fraction of sp³-hybridized carbons (Fsp3) is 0.167. The van der Waals surface area contributed by atoms with E-state index in [-0.39, 0.29) is 21.7 Å². The van der Waals surface area contributed by atoms with Gasteiger partial charge in [-0.1, -0.05) is 213 Å². The van der Waals surface area contributed by atoms with Crippen LogP contribution in [-0.2, 0) is 21.7 Å². The zero-order chi connectivity index (χ0) is 53.5. The summed E-state index contributed by atoms with van der Waals surface area (Å²) >= 11 is 0. The molecule has 378 valence electrons. The van der Waals surface area contributed by atoms with E-state index in [0.29, 0.717) is 5.56 Å². The number of para-hydroxylation sites is 8. The highest BCUT2D eigenvalue weighted by atomic mass is 15.3. The van der Waals surface area contributed by atoms with Crippen LogP contribution in [0.25, 0.3) is 11.1 Å². The van der Waals surface area contributed by atoms with Crippen LogP contribution in [0.2, 0.25) is 0 Å². The van der Waals surface area contributed by atoms with Gasteiger partial charge in [0.1, 0.15) is 0 Å². The van der Waals surface area contributed by atoms with E-state index in [9.17, 15) is 5.26 Å². The van der Waals surface area contributed by atoms with Crippen LogP contribution in [0.3, 0.4) is 0 Å². The number of nitriles is 1. The Balaban J connectivity index is 1.27. The molecule has 0 spiro atoms. The maximum absolute atomic E-state index is 10.5. The summed E-state index contributed by atoms with van der Waals surface area (Å²) < 4.78 is 0. The molecule has 0 unspecified atom stereocenters. The van der Waals surface area contributed by atoms with Gasteiger partial charge in [0.15, 0.2) is 11.6 Å². The fourth-order valence-electron chi connectivity index (χ4n) is 13.9. The molecule has 14 rings (SSSR count). The molecule has 9 aromatic carbocycles. The van der Waals surface area contributed by atoms with Crippen molar-refractivity contribution in [2.45, 2.75) is 77.0 Å². The molecule has 10 aromatic rings. The molecular weight excluding hydrogens is 949 g/mol. The van der Waals surface area contributed by atoms with E-state index in [1.165, 1.54) is 44.5 Å². The summed E-state index contributed by atoms with van der Waals surface area (Å²) in [7, 11) is 0. The smallest absolute Gasteiger partial charge is 0.165 e. The van der Waals surface area contributed by atoms with E-state index in [0.717, 1.165) is 79.6 Å². The third-order valence-electron chi connectivity index (χ3n) is 17.8. The van der Waals surface area contributed by atoms with Gasteiger partial charge in [0, 0.05) is 27.2 Å². The molecule has 0 aliphatic carbocycles. The van der Waals surface area contributed by atoms with Crippen molar-refractivity contribution in [2.24, 2.45) is 0 Å². The number of pyridine rings is 1. The zero-order valence-corrected chi connectivity index (χ0v) is 45.5. The lowest BCUT2D eigenvalue weighted by Crippen LogP contribution is -2.36. The molecule has 0 saturated heterocycles. The standard InChI is InChI=1S/C72H60N6/c1-69(2)48-25-9-17-33-56(48)75(57-34-18-10-26-49(57)69)65-64(47-43-41-46(45-73)42-44-47)66(76-58-35-19-11-27-50(58)70(3,4)51-28-12-20-36-59(51)76)68(78-62-39-23-15-31-54(62)72(7,8)55-32-16-24-40-63(55)78)74-67(65)77-60-37-21-13-29-52(60)71(5,6)53-30-14-22-38-61(53)77/h9-44H,1-8H3. The molecule has 0 amide bonds. The van der Waals surface area contributed by atoms with Crippen LogP contribution in [0, 0.1) is 11.3 Å². The first-order valence-corrected chi connectivity index (χ1v) is 27.3. The summed E-state index contributed by atoms with van der Waals surface area (Å²) in [4.78, 5) is 16.5. The van der Waals surface area contributed by atoms with Gasteiger partial charge in [0.25, 0.3) is 0 Å². The maximum atomic E-state index is 10.5. The minimum atomic E-state index is -0.354. The van der Waals surface area contributed by atoms with Crippen molar-refractivity contribution < 1.29 is 0 Å². The average molecular weight is 1010 g/mol. The van der Waals surface area contributed by atoms with Crippen molar-refractivity contribution in [1.29, 1.82) is 5.26 Å². The van der Waals surface area contributed by atoms with E-state index in [1.807, 2.05) is 12.1 Å². The molecule has 0 radical (unpaired) electrons. The monoisotopic (exact) mass is 1010 g/mol. The molecule has 0 N–H and O–H groups in total. The maximum Gasteiger partial charge on any atom is 0.165 e. The van der Waals surface area contributed by atoms with Crippen molar-refractivity contribution in [1.82, 2.24) is 4.98 Å². The van der Waals surface area contributed by atoms with Crippen molar-refractivity contribution in [2.75, 3.05) is 19.6 Å². The normalized spacial score (nSPS) is 16.2. The number of anilines is 12. The van der Waals surface area contributed by atoms with Gasteiger partial charge in [-0.25, -0.2) is 4.98 Å². The van der Waals surface area contributed by atoms with Crippen LogP contribution < -0.4 is 19.6 Å². The summed E-state index contributed by atoms with van der Waals surface area (Å²) in [6, 6.07) is 82.2. The van der Waals surface area contributed by atoms with Gasteiger partial charge in [-0.3, -0.25) is 9.80 Å². The van der Waals surface area contributed by atoms with E-state index >= 15 is 0 Å². The first-order valence-electron chi connectivity index (χ1n) is 27.3. The Morgan fingerprint density at radius 1 is 0.295 bits per heavy atom. The predicted octanol–water partition coefficient (Wildman–Crippen LogP) is 19.1. The second kappa shape index (κ2) is 16.9. The molecule has 0 bridgehead atoms. The summed E-state index contributed by atoms with van der Waals surface area (Å²) in [5.41, 5.74) is 21.2. The SMILES string of the molecule is CC1(C)c2ccccc2N(c2nc(N3c4ccccc4C(C)(C)c4ccccc43)c(N3c4ccccc4C(C)(C)c4ccccc43)c(-c3ccc(C#N)cc3)c2N2c3ccccc3C(C)(C)c3ccccc32)c2ccccc21. The highest BCUT2D eigenvalue weighted by Gasteiger charge is 2.48. The van der Waals surface area contributed by atoms with Crippen LogP contribution in [0.4, 0.5) is 68.5 Å². The summed E-state index contributed by atoms with van der Waals surface area (Å²) in [6.07, 6.45) is 0. The molecule has 4 aliphatic heterocycles. The number of hydrogen-bond donors (Lipinski definition) is 0. The quantitative estimate of drug-likeness (QED) is 0.171. The van der Waals surface area contributed by atoms with Gasteiger partial charge in [0.2, 0.25) is 0 Å². The van der Waals surface area contributed by atoms with Crippen LogP contribution in [0.1, 0.15) is 105 Å². The lowest BCUT2D eigenvalue weighted by atomic mass is 9.72. The largest absolute Gasteiger partial charge is 0.306 e. The van der Waals surface area contributed by atoms with Crippen LogP contribution in [-0.4, -0.2) is 4.98 Å². The van der Waals surface area contributed by atoms with Gasteiger partial charge >= 0.3 is 0 Å². The Bertz CT molecular complexity index is 3720. The number of nitrogens with zero attached hydrogens (tertiary/aromatic N) is 6. The Labute approximate surface area is 458 Å². The Kier molecular flexibility index (Phi) is 10.3. The van der Waals surface area contributed by atoms with Crippen LogP contribution >= 0.6 is 0 Å². The second-order valence-corrected chi connectivity index (χ2v) is 23.5. The van der Waals surface area contributed by atoms with Gasteiger partial charge < -0.3 is 9.80 Å². The summed E-state index contributed by atoms with van der Waals surface area (Å²) in [6.45, 7) is 18.8. The molecule has 0 saturated carbocycles. The lowest BCUT2D eigenvalue weighted by molar-refractivity contribution is 0.628. The van der Waals surface area contributed by atoms with E-state index in [1.54, 1.807) is 0 Å². The molecular formula is C72H60N6. The molecule has 78 heavy (non-hydrogen) atoms. The highest BCUT2D eigenvalue weighted by Crippen LogP contribution is 2.66. The van der Waals surface area contributed by atoms with Gasteiger partial charge in [0.05, 0.1) is 68.5 Å². The summed E-state index contributed by atoms with van der Waals surface area (Å²) in [5, 5.41) is 10.5. The number of hydrogen-bond acceptors (Lipinski definition) is 6. The molecule has 0 fully saturated rings. The first kappa shape index (κ1) is 47.3. The second-order valence-electron chi connectivity index (χ2n) is 23.5. The molecule has 0 atom stereocenters. The third-order valence-corrected chi connectivity index (χ3v) is 17.8. The minimum absolute atomic E-state index is 0.346. The Hall–Kier alpha value is -9.18. The van der Waals surface area contributed by atoms with E-state index in [2.05, 4.69) is 287 Å². The molecule has 5 heterocycles. The zero-order valence-electron chi connectivity index (χ0n) is 45.5. The van der Waals surface area contributed by atoms with Gasteiger partial charge in [-0.15, -0.1) is 0 Å². The lowest BCUT2D eigenvalue weighted by Gasteiger charge is -2.48. The third kappa shape index (κ3) is 6.51. The van der Waals surface area contributed by atoms with Gasteiger partial charge in [-0.05, 0) is 111 Å². The number of benzene rings is 9. The Morgan fingerprint density at radius 2 is 0.513 bits per heavy atom. The van der Waals surface area contributed by atoms with E-state index < -0.39 is 0 Å². The molecule has 4 aliphatic rings. The highest BCUT2D eigenvalue weighted by molar-refractivity contribution is 6.12. The van der Waals surface area contributed by atoms with Crippen molar-refractivity contribution in [3.8, 4) is 17.2 Å². The minimum Gasteiger partial charge on any atom is -0.306 e. The van der Waals surface area contributed by atoms with E-state index in [4.69, 9.17) is 4.98 Å². The molecule has 6 heteroatoms.